The van der Waals surface area contributed by atoms with Gasteiger partial charge in [0.15, 0.2) is 6.10 Å². The van der Waals surface area contributed by atoms with Crippen molar-refractivity contribution < 1.29 is 18.7 Å². The number of thiophene rings is 2. The summed E-state index contributed by atoms with van der Waals surface area (Å²) >= 11 is 2.98. The highest BCUT2D eigenvalue weighted by Crippen LogP contribution is 2.26. The smallest absolute Gasteiger partial charge is 0.340 e. The van der Waals surface area contributed by atoms with E-state index in [9.17, 15) is 9.59 Å². The standard InChI is InChI=1S/C19H17NO4S2/c1-13(18(21)20-12-14-5-2-8-23-14)24-19(22)16(17-7-4-10-26-17)11-15-6-3-9-25-15/h2-11,13H,12H2,1H3,(H,20,21)/b16-11+/t13-/m0/s1. The molecular formula is C19H17NO4S2. The van der Waals surface area contributed by atoms with Crippen LogP contribution in [-0.4, -0.2) is 18.0 Å². The maximum atomic E-state index is 12.6. The molecule has 0 aliphatic heterocycles. The fourth-order valence-corrected chi connectivity index (χ4v) is 3.57. The summed E-state index contributed by atoms with van der Waals surface area (Å²) in [4.78, 5) is 26.5. The van der Waals surface area contributed by atoms with Crippen LogP contribution in [0.25, 0.3) is 11.6 Å². The van der Waals surface area contributed by atoms with Crippen LogP contribution in [0.1, 0.15) is 22.4 Å². The van der Waals surface area contributed by atoms with E-state index in [1.165, 1.54) is 28.9 Å². The molecule has 0 aromatic carbocycles. The van der Waals surface area contributed by atoms with E-state index in [1.54, 1.807) is 25.1 Å². The third kappa shape index (κ3) is 4.71. The van der Waals surface area contributed by atoms with Crippen LogP contribution in [0.15, 0.2) is 57.8 Å². The first-order valence-electron chi connectivity index (χ1n) is 7.93. The number of amides is 1. The van der Waals surface area contributed by atoms with Crippen LogP contribution in [0, 0.1) is 0 Å². The van der Waals surface area contributed by atoms with Crippen LogP contribution in [0.5, 0.6) is 0 Å². The molecule has 134 valence electrons. The molecule has 7 heteroatoms. The Morgan fingerprint density at radius 2 is 2.00 bits per heavy atom. The summed E-state index contributed by atoms with van der Waals surface area (Å²) in [6, 6.07) is 11.1. The topological polar surface area (TPSA) is 68.5 Å². The molecule has 26 heavy (non-hydrogen) atoms. The second-order valence-corrected chi connectivity index (χ2v) is 7.32. The molecule has 0 fully saturated rings. The molecule has 3 rings (SSSR count). The monoisotopic (exact) mass is 387 g/mol. The van der Waals surface area contributed by atoms with E-state index < -0.39 is 12.1 Å². The summed E-state index contributed by atoms with van der Waals surface area (Å²) in [7, 11) is 0. The molecule has 0 saturated carbocycles. The predicted molar refractivity (Wildman–Crippen MR) is 103 cm³/mol. The highest BCUT2D eigenvalue weighted by Gasteiger charge is 2.22. The second kappa shape index (κ2) is 8.64. The van der Waals surface area contributed by atoms with Gasteiger partial charge in [-0.3, -0.25) is 4.79 Å². The number of rotatable bonds is 7. The van der Waals surface area contributed by atoms with Crippen molar-refractivity contribution >= 4 is 46.2 Å². The summed E-state index contributed by atoms with van der Waals surface area (Å²) < 4.78 is 10.5. The number of esters is 1. The summed E-state index contributed by atoms with van der Waals surface area (Å²) in [5.41, 5.74) is 0.438. The van der Waals surface area contributed by atoms with E-state index in [-0.39, 0.29) is 12.5 Å². The molecule has 1 amide bonds. The van der Waals surface area contributed by atoms with E-state index in [0.717, 1.165) is 9.75 Å². The Balaban J connectivity index is 1.66. The van der Waals surface area contributed by atoms with E-state index in [2.05, 4.69) is 5.32 Å². The molecule has 3 heterocycles. The first kappa shape index (κ1) is 18.2. The zero-order chi connectivity index (χ0) is 18.4. The van der Waals surface area contributed by atoms with Gasteiger partial charge in [-0.25, -0.2) is 4.79 Å². The Bertz CT molecular complexity index is 865. The number of carbonyl (C=O) groups is 2. The van der Waals surface area contributed by atoms with Gasteiger partial charge in [-0.15, -0.1) is 22.7 Å². The number of ether oxygens (including phenoxy) is 1. The van der Waals surface area contributed by atoms with Crippen molar-refractivity contribution in [3.8, 4) is 0 Å². The van der Waals surface area contributed by atoms with E-state index in [0.29, 0.717) is 11.3 Å². The van der Waals surface area contributed by atoms with Crippen molar-refractivity contribution in [2.24, 2.45) is 0 Å². The molecule has 0 bridgehead atoms. The molecule has 0 radical (unpaired) electrons. The van der Waals surface area contributed by atoms with Crippen molar-refractivity contribution in [3.63, 3.8) is 0 Å². The Morgan fingerprint density at radius 1 is 1.19 bits per heavy atom. The number of hydrogen-bond donors (Lipinski definition) is 1. The quantitative estimate of drug-likeness (QED) is 0.487. The minimum atomic E-state index is -0.913. The van der Waals surface area contributed by atoms with Crippen LogP contribution < -0.4 is 5.32 Å². The SMILES string of the molecule is C[C@H](OC(=O)/C(=C/c1cccs1)c1cccs1)C(=O)NCc1ccco1. The van der Waals surface area contributed by atoms with Crippen LogP contribution in [0.4, 0.5) is 0 Å². The zero-order valence-electron chi connectivity index (χ0n) is 14.0. The maximum absolute atomic E-state index is 12.6. The average Bonchev–Trinajstić information content (AvgIpc) is 3.40. The lowest BCUT2D eigenvalue weighted by Gasteiger charge is -2.14. The number of furan rings is 1. The highest BCUT2D eigenvalue weighted by atomic mass is 32.1. The third-order valence-corrected chi connectivity index (χ3v) is 5.23. The zero-order valence-corrected chi connectivity index (χ0v) is 15.6. The summed E-state index contributed by atoms with van der Waals surface area (Å²) in [6.45, 7) is 1.79. The Labute approximate surface area is 158 Å². The van der Waals surface area contributed by atoms with E-state index in [1.807, 2.05) is 35.0 Å². The number of nitrogens with one attached hydrogen (secondary N) is 1. The van der Waals surface area contributed by atoms with Crippen molar-refractivity contribution in [1.82, 2.24) is 5.32 Å². The maximum Gasteiger partial charge on any atom is 0.340 e. The van der Waals surface area contributed by atoms with Crippen molar-refractivity contribution in [3.05, 3.63) is 68.9 Å². The van der Waals surface area contributed by atoms with Gasteiger partial charge in [0.1, 0.15) is 5.76 Å². The minimum Gasteiger partial charge on any atom is -0.467 e. The molecule has 3 aromatic rings. The van der Waals surface area contributed by atoms with Crippen molar-refractivity contribution in [1.29, 1.82) is 0 Å². The van der Waals surface area contributed by atoms with Crippen LogP contribution >= 0.6 is 22.7 Å². The summed E-state index contributed by atoms with van der Waals surface area (Å²) in [6.07, 6.45) is 2.41. The predicted octanol–water partition coefficient (Wildman–Crippen LogP) is 4.19. The highest BCUT2D eigenvalue weighted by molar-refractivity contribution is 7.12. The first-order valence-corrected chi connectivity index (χ1v) is 9.69. The Morgan fingerprint density at radius 3 is 2.65 bits per heavy atom. The van der Waals surface area contributed by atoms with E-state index in [4.69, 9.17) is 9.15 Å². The van der Waals surface area contributed by atoms with E-state index >= 15 is 0 Å². The molecule has 3 aromatic heterocycles. The summed E-state index contributed by atoms with van der Waals surface area (Å²) in [5.74, 6) is -0.272. The van der Waals surface area contributed by atoms with Gasteiger partial charge >= 0.3 is 5.97 Å². The molecule has 1 atom stereocenters. The van der Waals surface area contributed by atoms with Crippen molar-refractivity contribution in [2.75, 3.05) is 0 Å². The molecule has 0 unspecified atom stereocenters. The van der Waals surface area contributed by atoms with Crippen LogP contribution in [0.2, 0.25) is 0 Å². The lowest BCUT2D eigenvalue weighted by molar-refractivity contribution is -0.149. The lowest BCUT2D eigenvalue weighted by Crippen LogP contribution is -2.35. The van der Waals surface area contributed by atoms with Gasteiger partial charge in [0.2, 0.25) is 0 Å². The molecular weight excluding hydrogens is 370 g/mol. The van der Waals surface area contributed by atoms with Gasteiger partial charge in [0, 0.05) is 9.75 Å². The first-order chi connectivity index (χ1) is 12.6. The van der Waals surface area contributed by atoms with Gasteiger partial charge in [-0.2, -0.15) is 0 Å². The molecule has 5 nitrogen and oxygen atoms in total. The van der Waals surface area contributed by atoms with Gasteiger partial charge in [-0.1, -0.05) is 12.1 Å². The molecule has 0 aliphatic carbocycles. The fourth-order valence-electron chi connectivity index (χ4n) is 2.19. The van der Waals surface area contributed by atoms with Crippen LogP contribution in [-0.2, 0) is 20.9 Å². The Kier molecular flexibility index (Phi) is 6.04. The van der Waals surface area contributed by atoms with Gasteiger partial charge in [0.05, 0.1) is 18.4 Å². The molecule has 0 saturated heterocycles. The van der Waals surface area contributed by atoms with Gasteiger partial charge in [-0.05, 0) is 48.0 Å². The van der Waals surface area contributed by atoms with Gasteiger partial charge < -0.3 is 14.5 Å². The Hall–Kier alpha value is -2.64. The van der Waals surface area contributed by atoms with Gasteiger partial charge in [0.25, 0.3) is 5.91 Å². The lowest BCUT2D eigenvalue weighted by atomic mass is 10.2. The summed E-state index contributed by atoms with van der Waals surface area (Å²) in [5, 5.41) is 6.52. The average molecular weight is 387 g/mol. The number of hydrogen-bond acceptors (Lipinski definition) is 6. The molecule has 1 N–H and O–H groups in total. The third-order valence-electron chi connectivity index (χ3n) is 3.51. The fraction of sp³-hybridized carbons (Fsp3) is 0.158. The normalized spacial score (nSPS) is 12.6. The minimum absolute atomic E-state index is 0.247. The largest absolute Gasteiger partial charge is 0.467 e. The molecule has 0 spiro atoms. The molecule has 0 aliphatic rings. The second-order valence-electron chi connectivity index (χ2n) is 5.40. The number of carbonyl (C=O) groups excluding carboxylic acids is 2. The van der Waals surface area contributed by atoms with Crippen molar-refractivity contribution in [2.45, 2.75) is 19.6 Å². The van der Waals surface area contributed by atoms with Crippen LogP contribution in [0.3, 0.4) is 0 Å².